The molecule has 1 aromatic carbocycles. The van der Waals surface area contributed by atoms with E-state index in [1.54, 1.807) is 19.3 Å². The third-order valence-electron chi connectivity index (χ3n) is 6.01. The first kappa shape index (κ1) is 21.2. The highest BCUT2D eigenvalue weighted by Gasteiger charge is 2.23. The van der Waals surface area contributed by atoms with E-state index in [0.717, 1.165) is 48.6 Å². The predicted molar refractivity (Wildman–Crippen MR) is 124 cm³/mol. The number of piperidine rings is 1. The first-order chi connectivity index (χ1) is 15.1. The van der Waals surface area contributed by atoms with Crippen molar-refractivity contribution in [1.29, 1.82) is 0 Å². The standard InChI is InChI=1S/C26H30N4O/c1-19-15-23(21-10-11-24(28-17-21)26(31)27-2)16-25(29-19)22-9-6-13-30(18-22)14-12-20-7-4-3-5-8-20/h3-5,7-8,10-11,15-17,22H,6,9,12-14,18H2,1-2H3,(H,27,31)/t22-/m1/s1. The quantitative estimate of drug-likeness (QED) is 0.656. The Labute approximate surface area is 184 Å². The van der Waals surface area contributed by atoms with Crippen LogP contribution in [0.3, 0.4) is 0 Å². The summed E-state index contributed by atoms with van der Waals surface area (Å²) in [5, 5.41) is 2.61. The SMILES string of the molecule is CNC(=O)c1ccc(-c2cc(C)nc([C@@H]3CCCN(CCc4ccccc4)C3)c2)cn1. The van der Waals surface area contributed by atoms with Gasteiger partial charge in [0.2, 0.25) is 0 Å². The monoisotopic (exact) mass is 414 g/mol. The second-order valence-corrected chi connectivity index (χ2v) is 8.31. The number of hydrogen-bond donors (Lipinski definition) is 1. The van der Waals surface area contributed by atoms with Gasteiger partial charge in [0.1, 0.15) is 5.69 Å². The Morgan fingerprint density at radius 2 is 1.97 bits per heavy atom. The van der Waals surface area contributed by atoms with E-state index >= 15 is 0 Å². The smallest absolute Gasteiger partial charge is 0.269 e. The summed E-state index contributed by atoms with van der Waals surface area (Å²) in [5.74, 6) is 0.275. The van der Waals surface area contributed by atoms with E-state index in [-0.39, 0.29) is 5.91 Å². The summed E-state index contributed by atoms with van der Waals surface area (Å²) < 4.78 is 0. The fourth-order valence-electron chi connectivity index (χ4n) is 4.33. The third kappa shape index (κ3) is 5.36. The van der Waals surface area contributed by atoms with Gasteiger partial charge in [-0.1, -0.05) is 36.4 Å². The van der Waals surface area contributed by atoms with Crippen LogP contribution in [0.4, 0.5) is 0 Å². The van der Waals surface area contributed by atoms with Gasteiger partial charge in [-0.15, -0.1) is 0 Å². The van der Waals surface area contributed by atoms with Gasteiger partial charge in [-0.3, -0.25) is 14.8 Å². The van der Waals surface area contributed by atoms with Crippen LogP contribution < -0.4 is 5.32 Å². The highest BCUT2D eigenvalue weighted by atomic mass is 16.1. The molecule has 1 amide bonds. The topological polar surface area (TPSA) is 58.1 Å². The van der Waals surface area contributed by atoms with Crippen molar-refractivity contribution in [2.75, 3.05) is 26.7 Å². The fraction of sp³-hybridized carbons (Fsp3) is 0.346. The fourth-order valence-corrected chi connectivity index (χ4v) is 4.33. The van der Waals surface area contributed by atoms with Gasteiger partial charge in [-0.05, 0) is 62.1 Å². The van der Waals surface area contributed by atoms with E-state index in [2.05, 4.69) is 64.6 Å². The summed E-state index contributed by atoms with van der Waals surface area (Å²) in [7, 11) is 1.61. The molecule has 1 atom stereocenters. The summed E-state index contributed by atoms with van der Waals surface area (Å²) in [6, 6.07) is 18.7. The van der Waals surface area contributed by atoms with Crippen LogP contribution in [0.2, 0.25) is 0 Å². The number of nitrogens with one attached hydrogen (secondary N) is 1. The number of hydrogen-bond acceptors (Lipinski definition) is 4. The number of nitrogens with zero attached hydrogens (tertiary/aromatic N) is 3. The van der Waals surface area contributed by atoms with Crippen LogP contribution in [0.25, 0.3) is 11.1 Å². The van der Waals surface area contributed by atoms with Crippen LogP contribution >= 0.6 is 0 Å². The Balaban J connectivity index is 1.47. The zero-order valence-electron chi connectivity index (χ0n) is 18.3. The summed E-state index contributed by atoms with van der Waals surface area (Å²) in [6.45, 7) is 5.35. The molecule has 0 unspecified atom stereocenters. The zero-order valence-corrected chi connectivity index (χ0v) is 18.3. The van der Waals surface area contributed by atoms with Crippen molar-refractivity contribution in [2.45, 2.75) is 32.1 Å². The van der Waals surface area contributed by atoms with Crippen molar-refractivity contribution >= 4 is 5.91 Å². The minimum atomic E-state index is -0.170. The summed E-state index contributed by atoms with van der Waals surface area (Å²) in [6.07, 6.45) is 5.23. The Kier molecular flexibility index (Phi) is 6.73. The van der Waals surface area contributed by atoms with Crippen molar-refractivity contribution in [3.05, 3.63) is 83.4 Å². The second-order valence-electron chi connectivity index (χ2n) is 8.31. The minimum absolute atomic E-state index is 0.170. The molecule has 3 aromatic rings. The van der Waals surface area contributed by atoms with Gasteiger partial charge < -0.3 is 10.2 Å². The molecule has 1 aliphatic heterocycles. The molecule has 2 aromatic heterocycles. The van der Waals surface area contributed by atoms with Gasteiger partial charge in [-0.25, -0.2) is 0 Å². The van der Waals surface area contributed by atoms with Crippen LogP contribution in [-0.4, -0.2) is 47.5 Å². The molecule has 5 heteroatoms. The molecule has 0 aliphatic carbocycles. The van der Waals surface area contributed by atoms with E-state index < -0.39 is 0 Å². The molecule has 5 nitrogen and oxygen atoms in total. The number of carbonyl (C=O) groups is 1. The molecule has 160 valence electrons. The first-order valence-electron chi connectivity index (χ1n) is 11.1. The van der Waals surface area contributed by atoms with Crippen LogP contribution in [-0.2, 0) is 6.42 Å². The lowest BCUT2D eigenvalue weighted by Gasteiger charge is -2.32. The molecule has 1 aliphatic rings. The number of rotatable bonds is 6. The molecular weight excluding hydrogens is 384 g/mol. The van der Waals surface area contributed by atoms with Gasteiger partial charge in [0, 0.05) is 49.2 Å². The molecule has 0 spiro atoms. The van der Waals surface area contributed by atoms with Gasteiger partial charge >= 0.3 is 0 Å². The summed E-state index contributed by atoms with van der Waals surface area (Å²) in [5.41, 5.74) is 6.13. The van der Waals surface area contributed by atoms with E-state index in [0.29, 0.717) is 11.6 Å². The van der Waals surface area contributed by atoms with Crippen molar-refractivity contribution in [3.63, 3.8) is 0 Å². The maximum atomic E-state index is 11.8. The molecule has 1 fully saturated rings. The highest BCUT2D eigenvalue weighted by molar-refractivity contribution is 5.92. The largest absolute Gasteiger partial charge is 0.354 e. The maximum absolute atomic E-state index is 11.8. The lowest BCUT2D eigenvalue weighted by Crippen LogP contribution is -2.36. The first-order valence-corrected chi connectivity index (χ1v) is 11.1. The number of aromatic nitrogens is 2. The average Bonchev–Trinajstić information content (AvgIpc) is 2.83. The van der Waals surface area contributed by atoms with Crippen molar-refractivity contribution in [2.24, 2.45) is 0 Å². The van der Waals surface area contributed by atoms with Gasteiger partial charge in [0.05, 0.1) is 0 Å². The molecule has 3 heterocycles. The van der Waals surface area contributed by atoms with Crippen LogP contribution in [0.15, 0.2) is 60.8 Å². The third-order valence-corrected chi connectivity index (χ3v) is 6.01. The van der Waals surface area contributed by atoms with Crippen molar-refractivity contribution < 1.29 is 4.79 Å². The highest BCUT2D eigenvalue weighted by Crippen LogP contribution is 2.29. The Morgan fingerprint density at radius 1 is 1.13 bits per heavy atom. The summed E-state index contributed by atoms with van der Waals surface area (Å²) >= 11 is 0. The lowest BCUT2D eigenvalue weighted by atomic mass is 9.92. The van der Waals surface area contributed by atoms with Crippen molar-refractivity contribution in [1.82, 2.24) is 20.2 Å². The molecule has 1 saturated heterocycles. The molecule has 4 rings (SSSR count). The number of pyridine rings is 2. The van der Waals surface area contributed by atoms with Gasteiger partial charge in [-0.2, -0.15) is 0 Å². The van der Waals surface area contributed by atoms with E-state index in [1.165, 1.54) is 18.4 Å². The minimum Gasteiger partial charge on any atom is -0.354 e. The molecule has 31 heavy (non-hydrogen) atoms. The molecule has 0 radical (unpaired) electrons. The van der Waals surface area contributed by atoms with Crippen molar-refractivity contribution in [3.8, 4) is 11.1 Å². The molecule has 0 saturated carbocycles. The van der Waals surface area contributed by atoms with E-state index in [9.17, 15) is 4.79 Å². The van der Waals surface area contributed by atoms with Gasteiger partial charge in [0.25, 0.3) is 5.91 Å². The second kappa shape index (κ2) is 9.84. The van der Waals surface area contributed by atoms with E-state index in [4.69, 9.17) is 4.98 Å². The lowest BCUT2D eigenvalue weighted by molar-refractivity contribution is 0.0958. The Bertz CT molecular complexity index is 1020. The van der Waals surface area contributed by atoms with Crippen LogP contribution in [0, 0.1) is 6.92 Å². The maximum Gasteiger partial charge on any atom is 0.269 e. The Morgan fingerprint density at radius 3 is 2.71 bits per heavy atom. The number of likely N-dealkylation sites (tertiary alicyclic amines) is 1. The molecular formula is C26H30N4O. The number of aryl methyl sites for hydroxylation is 1. The summed E-state index contributed by atoms with van der Waals surface area (Å²) in [4.78, 5) is 23.5. The normalized spacial score (nSPS) is 16.8. The number of amides is 1. The number of carbonyl (C=O) groups excluding carboxylic acids is 1. The van der Waals surface area contributed by atoms with Gasteiger partial charge in [0.15, 0.2) is 0 Å². The Hall–Kier alpha value is -3.05. The predicted octanol–water partition coefficient (Wildman–Crippen LogP) is 4.23. The average molecular weight is 415 g/mol. The zero-order chi connectivity index (χ0) is 21.6. The number of benzene rings is 1. The van der Waals surface area contributed by atoms with Crippen LogP contribution in [0.5, 0.6) is 0 Å². The van der Waals surface area contributed by atoms with Crippen LogP contribution in [0.1, 0.15) is 46.2 Å². The van der Waals surface area contributed by atoms with E-state index in [1.807, 2.05) is 6.07 Å². The molecule has 0 bridgehead atoms. The molecule has 1 N–H and O–H groups in total.